The highest BCUT2D eigenvalue weighted by molar-refractivity contribution is 14.1. The number of ether oxygens (including phenoxy) is 1. The lowest BCUT2D eigenvalue weighted by Crippen LogP contribution is -2.34. The zero-order valence-corrected chi connectivity index (χ0v) is 20.1. The number of hydrogen-bond acceptors (Lipinski definition) is 1. The van der Waals surface area contributed by atoms with Gasteiger partial charge in [-0.3, -0.25) is 0 Å². The summed E-state index contributed by atoms with van der Waals surface area (Å²) in [6.45, 7) is 2.19. The van der Waals surface area contributed by atoms with Crippen LogP contribution in [0.1, 0.15) is 24.5 Å². The van der Waals surface area contributed by atoms with Gasteiger partial charge in [0, 0.05) is 3.57 Å². The van der Waals surface area contributed by atoms with E-state index in [4.69, 9.17) is 4.74 Å². The van der Waals surface area contributed by atoms with Crippen molar-refractivity contribution in [3.63, 3.8) is 0 Å². The van der Waals surface area contributed by atoms with Crippen LogP contribution in [0.2, 0.25) is 0 Å². The Kier molecular flexibility index (Phi) is 6.65. The van der Waals surface area contributed by atoms with Crippen molar-refractivity contribution < 1.29 is 4.74 Å². The first-order valence-corrected chi connectivity index (χ1v) is 11.2. The molecule has 0 aliphatic rings. The molecule has 4 heteroatoms. The lowest BCUT2D eigenvalue weighted by Gasteiger charge is -2.35. The zero-order chi connectivity index (χ0) is 17.9. The molecule has 0 fully saturated rings. The third-order valence-electron chi connectivity index (χ3n) is 4.22. The molecule has 1 nitrogen and oxygen atoms in total. The molecule has 0 aliphatic heterocycles. The van der Waals surface area contributed by atoms with Crippen molar-refractivity contribution in [2.75, 3.05) is 0 Å². The van der Waals surface area contributed by atoms with Gasteiger partial charge in [-0.15, -0.1) is 0 Å². The van der Waals surface area contributed by atoms with Crippen molar-refractivity contribution in [2.45, 2.75) is 18.9 Å². The molecular weight excluding hydrogens is 649 g/mol. The predicted molar refractivity (Wildman–Crippen MR) is 129 cm³/mol. The van der Waals surface area contributed by atoms with E-state index in [9.17, 15) is 0 Å². The van der Waals surface area contributed by atoms with Crippen molar-refractivity contribution in [1.82, 2.24) is 0 Å². The quantitative estimate of drug-likeness (QED) is 0.262. The van der Waals surface area contributed by atoms with E-state index in [1.807, 2.05) is 12.1 Å². The maximum absolute atomic E-state index is 6.82. The van der Waals surface area contributed by atoms with Gasteiger partial charge in [0.15, 0.2) is 5.60 Å². The fourth-order valence-corrected chi connectivity index (χ4v) is 6.78. The number of benzene rings is 3. The molecule has 0 radical (unpaired) electrons. The van der Waals surface area contributed by atoms with Gasteiger partial charge in [-0.2, -0.15) is 0 Å². The minimum absolute atomic E-state index is 0.505. The molecule has 25 heavy (non-hydrogen) atoms. The van der Waals surface area contributed by atoms with Crippen LogP contribution in [-0.4, -0.2) is 0 Å². The molecule has 0 N–H and O–H groups in total. The highest BCUT2D eigenvalue weighted by Crippen LogP contribution is 2.41. The molecule has 0 amide bonds. The summed E-state index contributed by atoms with van der Waals surface area (Å²) in [6, 6.07) is 25.4. The van der Waals surface area contributed by atoms with Crippen molar-refractivity contribution in [2.24, 2.45) is 0 Å². The van der Waals surface area contributed by atoms with Gasteiger partial charge in [0.1, 0.15) is 5.75 Å². The van der Waals surface area contributed by atoms with Crippen LogP contribution in [0.3, 0.4) is 0 Å². The second kappa shape index (κ2) is 8.56. The van der Waals surface area contributed by atoms with Crippen molar-refractivity contribution >= 4 is 67.8 Å². The van der Waals surface area contributed by atoms with E-state index in [2.05, 4.69) is 135 Å². The SMILES string of the molecule is CCC(Oc1c(I)cc(I)cc1I)(c1ccccc1)c1ccccc1. The standard InChI is InChI=1S/C21H17I3O/c1-2-21(15-9-5-3-6-10-15,16-11-7-4-8-12-16)25-20-18(23)13-17(22)14-19(20)24/h3-14H,2H2,1H3. The number of halogens is 3. The Labute approximate surface area is 190 Å². The average molecular weight is 666 g/mol. The second-order valence-corrected chi connectivity index (χ2v) is 9.28. The summed E-state index contributed by atoms with van der Waals surface area (Å²) in [4.78, 5) is 0. The van der Waals surface area contributed by atoms with Crippen LogP contribution in [0, 0.1) is 10.7 Å². The summed E-state index contributed by atoms with van der Waals surface area (Å²) < 4.78 is 10.3. The normalized spacial score (nSPS) is 11.4. The van der Waals surface area contributed by atoms with E-state index in [1.165, 1.54) is 14.7 Å². The van der Waals surface area contributed by atoms with Crippen LogP contribution in [0.5, 0.6) is 5.75 Å². The Hall–Kier alpha value is -0.350. The average Bonchev–Trinajstić information content (AvgIpc) is 2.63. The Balaban J connectivity index is 2.19. The van der Waals surface area contributed by atoms with Gasteiger partial charge in [-0.05, 0) is 97.5 Å². The molecule has 0 unspecified atom stereocenters. The summed E-state index contributed by atoms with van der Waals surface area (Å²) in [6.07, 6.45) is 0.846. The lowest BCUT2D eigenvalue weighted by molar-refractivity contribution is 0.104. The summed E-state index contributed by atoms with van der Waals surface area (Å²) in [7, 11) is 0. The Morgan fingerprint density at radius 1 is 0.760 bits per heavy atom. The third kappa shape index (κ3) is 4.16. The van der Waals surface area contributed by atoms with E-state index in [-0.39, 0.29) is 0 Å². The van der Waals surface area contributed by atoms with Gasteiger partial charge in [0.25, 0.3) is 0 Å². The minimum Gasteiger partial charge on any atom is -0.476 e. The Morgan fingerprint density at radius 2 is 1.20 bits per heavy atom. The lowest BCUT2D eigenvalue weighted by atomic mass is 9.83. The Bertz CT molecular complexity index is 785. The topological polar surface area (TPSA) is 9.23 Å². The molecule has 0 aromatic heterocycles. The van der Waals surface area contributed by atoms with Crippen LogP contribution in [0.25, 0.3) is 0 Å². The fourth-order valence-electron chi connectivity index (χ4n) is 2.98. The van der Waals surface area contributed by atoms with E-state index in [0.717, 1.165) is 19.3 Å². The zero-order valence-electron chi connectivity index (χ0n) is 13.7. The van der Waals surface area contributed by atoms with Crippen LogP contribution in [0.4, 0.5) is 0 Å². The maximum atomic E-state index is 6.82. The first-order chi connectivity index (χ1) is 12.1. The van der Waals surface area contributed by atoms with Gasteiger partial charge in [-0.25, -0.2) is 0 Å². The van der Waals surface area contributed by atoms with Crippen molar-refractivity contribution in [3.05, 3.63) is 94.6 Å². The molecule has 0 atom stereocenters. The van der Waals surface area contributed by atoms with Gasteiger partial charge in [0.05, 0.1) is 7.14 Å². The molecular formula is C21H17I3O. The molecule has 3 aromatic carbocycles. The fraction of sp³-hybridized carbons (Fsp3) is 0.143. The van der Waals surface area contributed by atoms with E-state index >= 15 is 0 Å². The molecule has 0 saturated carbocycles. The van der Waals surface area contributed by atoms with Crippen LogP contribution >= 0.6 is 67.8 Å². The number of rotatable bonds is 5. The van der Waals surface area contributed by atoms with E-state index < -0.39 is 5.60 Å². The molecule has 3 aromatic rings. The largest absolute Gasteiger partial charge is 0.476 e. The summed E-state index contributed by atoms with van der Waals surface area (Å²) in [5, 5.41) is 0. The van der Waals surface area contributed by atoms with Gasteiger partial charge in [0.2, 0.25) is 0 Å². The van der Waals surface area contributed by atoms with Crippen LogP contribution in [-0.2, 0) is 5.60 Å². The van der Waals surface area contributed by atoms with Crippen LogP contribution < -0.4 is 4.74 Å². The summed E-state index contributed by atoms with van der Waals surface area (Å²) in [5.74, 6) is 0.955. The van der Waals surface area contributed by atoms with Crippen molar-refractivity contribution in [1.29, 1.82) is 0 Å². The molecule has 0 saturated heterocycles. The monoisotopic (exact) mass is 666 g/mol. The summed E-state index contributed by atoms with van der Waals surface area (Å²) >= 11 is 7.10. The van der Waals surface area contributed by atoms with Gasteiger partial charge >= 0.3 is 0 Å². The summed E-state index contributed by atoms with van der Waals surface area (Å²) in [5.41, 5.74) is 1.84. The Morgan fingerprint density at radius 3 is 1.60 bits per heavy atom. The first-order valence-electron chi connectivity index (χ1n) is 8.01. The molecule has 0 spiro atoms. The highest BCUT2D eigenvalue weighted by atomic mass is 127. The molecule has 0 heterocycles. The van der Waals surface area contributed by atoms with Gasteiger partial charge in [-0.1, -0.05) is 67.6 Å². The first kappa shape index (κ1) is 19.4. The van der Waals surface area contributed by atoms with Gasteiger partial charge < -0.3 is 4.74 Å². The van der Waals surface area contributed by atoms with Crippen molar-refractivity contribution in [3.8, 4) is 5.75 Å². The predicted octanol–water partition coefficient (Wildman–Crippen LogP) is 7.23. The third-order valence-corrected chi connectivity index (χ3v) is 6.44. The highest BCUT2D eigenvalue weighted by Gasteiger charge is 2.36. The molecule has 0 aliphatic carbocycles. The molecule has 128 valence electrons. The van der Waals surface area contributed by atoms with E-state index in [1.54, 1.807) is 0 Å². The molecule has 3 rings (SSSR count). The maximum Gasteiger partial charge on any atom is 0.159 e. The minimum atomic E-state index is -0.505. The van der Waals surface area contributed by atoms with E-state index in [0.29, 0.717) is 0 Å². The molecule has 0 bridgehead atoms. The second-order valence-electron chi connectivity index (χ2n) is 5.71. The smallest absolute Gasteiger partial charge is 0.159 e. The number of hydrogen-bond donors (Lipinski definition) is 0. The van der Waals surface area contributed by atoms with Crippen LogP contribution in [0.15, 0.2) is 72.8 Å².